The van der Waals surface area contributed by atoms with Crippen molar-refractivity contribution in [3.63, 3.8) is 0 Å². The highest BCUT2D eigenvalue weighted by atomic mass is 16.5. The van der Waals surface area contributed by atoms with Crippen LogP contribution < -0.4 is 16.7 Å². The molecule has 0 saturated heterocycles. The zero-order valence-corrected chi connectivity index (χ0v) is 2.93. The molecule has 0 spiro atoms. The number of nitrogens with two attached hydrogens (primary N) is 1. The van der Waals surface area contributed by atoms with Gasteiger partial charge in [0.2, 0.25) is 0 Å². The molecule has 0 bridgehead atoms. The van der Waals surface area contributed by atoms with Gasteiger partial charge in [0, 0.05) is 0 Å². The quantitative estimate of drug-likeness (QED) is 0.127. The molecule has 2 amide bonds. The molecule has 36 valence electrons. The number of carbonyl (C=O) groups is 1. The number of rotatable bonds is 0. The van der Waals surface area contributed by atoms with Gasteiger partial charge in [0.05, 0.1) is 0 Å². The Labute approximate surface area is 34.1 Å². The number of hydrogen-bond acceptors (Lipinski definition) is 3. The van der Waals surface area contributed by atoms with E-state index in [1.54, 1.807) is 5.43 Å². The second kappa shape index (κ2) is 2.43. The van der Waals surface area contributed by atoms with Crippen LogP contribution in [0.4, 0.5) is 4.79 Å². The molecule has 5 nitrogen and oxygen atoms in total. The van der Waals surface area contributed by atoms with E-state index in [1.165, 1.54) is 5.48 Å². The van der Waals surface area contributed by atoms with E-state index in [0.717, 1.165) is 0 Å². The van der Waals surface area contributed by atoms with Crippen molar-refractivity contribution in [3.8, 4) is 0 Å². The van der Waals surface area contributed by atoms with E-state index in [2.05, 4.69) is 5.84 Å². The third kappa shape index (κ3) is 1.50. The Hall–Kier alpha value is -0.810. The molecule has 0 atom stereocenters. The highest BCUT2D eigenvalue weighted by molar-refractivity contribution is 5.71. The van der Waals surface area contributed by atoms with Crippen molar-refractivity contribution in [1.82, 2.24) is 10.9 Å². The Balaban J connectivity index is 2.99. The molecule has 0 aliphatic rings. The van der Waals surface area contributed by atoms with Crippen LogP contribution in [0.25, 0.3) is 0 Å². The van der Waals surface area contributed by atoms with Crippen molar-refractivity contribution in [2.24, 2.45) is 5.84 Å². The monoisotopic (exact) mass is 91.0 g/mol. The number of nitrogens with one attached hydrogen (secondary N) is 2. The molecular weight excluding hydrogens is 86.0 g/mol. The maximum Gasteiger partial charge on any atom is 0.352 e. The normalized spacial score (nSPS) is 7.00. The number of urea groups is 1. The van der Waals surface area contributed by atoms with Crippen molar-refractivity contribution >= 4 is 6.03 Å². The maximum atomic E-state index is 9.58. The third-order valence-electron chi connectivity index (χ3n) is 0.233. The lowest BCUT2D eigenvalue weighted by Crippen LogP contribution is -2.37. The SMILES string of the molecule is NNC(=O)NO. The molecule has 0 aromatic rings. The smallest absolute Gasteiger partial charge is 0.287 e. The molecule has 0 unspecified atom stereocenters. The number of hydrazine groups is 1. The standard InChI is InChI=1S/CH5N3O2/c2-3-1(5)4-6/h6H,2H2,(H2,3,4,5). The molecule has 6 heavy (non-hydrogen) atoms. The van der Waals surface area contributed by atoms with Crippen LogP contribution in [-0.4, -0.2) is 11.2 Å². The number of hydrogen-bond donors (Lipinski definition) is 4. The highest BCUT2D eigenvalue weighted by Crippen LogP contribution is 1.45. The first-order valence-corrected chi connectivity index (χ1v) is 1.22. The topological polar surface area (TPSA) is 87.4 Å². The van der Waals surface area contributed by atoms with Crippen molar-refractivity contribution in [2.75, 3.05) is 0 Å². The summed E-state index contributed by atoms with van der Waals surface area (Å²) >= 11 is 0. The van der Waals surface area contributed by atoms with Crippen molar-refractivity contribution in [2.45, 2.75) is 0 Å². The van der Waals surface area contributed by atoms with Crippen LogP contribution in [0.1, 0.15) is 0 Å². The van der Waals surface area contributed by atoms with Crippen LogP contribution in [0.3, 0.4) is 0 Å². The fourth-order valence-electron chi connectivity index (χ4n) is 0.0323. The molecule has 5 heteroatoms. The lowest BCUT2D eigenvalue weighted by molar-refractivity contribution is 0.162. The van der Waals surface area contributed by atoms with E-state index < -0.39 is 6.03 Å². The van der Waals surface area contributed by atoms with E-state index in [9.17, 15) is 4.79 Å². The molecule has 0 aromatic carbocycles. The molecule has 0 radical (unpaired) electrons. The van der Waals surface area contributed by atoms with Gasteiger partial charge < -0.3 is 0 Å². The number of hydroxylamine groups is 1. The molecule has 0 saturated carbocycles. The van der Waals surface area contributed by atoms with Gasteiger partial charge in [0.15, 0.2) is 0 Å². The van der Waals surface area contributed by atoms with E-state index in [0.29, 0.717) is 0 Å². The second-order valence-electron chi connectivity index (χ2n) is 0.585. The minimum Gasteiger partial charge on any atom is -0.287 e. The van der Waals surface area contributed by atoms with Crippen LogP contribution in [0.15, 0.2) is 0 Å². The van der Waals surface area contributed by atoms with Gasteiger partial charge in [0.1, 0.15) is 0 Å². The van der Waals surface area contributed by atoms with E-state index in [-0.39, 0.29) is 0 Å². The lowest BCUT2D eigenvalue weighted by Gasteiger charge is -1.89. The molecule has 5 N–H and O–H groups in total. The minimum absolute atomic E-state index is 0.824. The summed E-state index contributed by atoms with van der Waals surface area (Å²) in [7, 11) is 0. The molecule has 0 aromatic heterocycles. The van der Waals surface area contributed by atoms with Gasteiger partial charge in [-0.05, 0) is 0 Å². The van der Waals surface area contributed by atoms with Crippen LogP contribution in [-0.2, 0) is 0 Å². The second-order valence-corrected chi connectivity index (χ2v) is 0.585. The van der Waals surface area contributed by atoms with E-state index in [4.69, 9.17) is 5.21 Å². The van der Waals surface area contributed by atoms with Crippen LogP contribution >= 0.6 is 0 Å². The maximum absolute atomic E-state index is 9.58. The van der Waals surface area contributed by atoms with Gasteiger partial charge in [-0.3, -0.25) is 10.6 Å². The van der Waals surface area contributed by atoms with Gasteiger partial charge in [-0.15, -0.1) is 0 Å². The predicted octanol–water partition coefficient (Wildman–Crippen LogP) is -1.45. The molecular formula is CH5N3O2. The van der Waals surface area contributed by atoms with Gasteiger partial charge >= 0.3 is 6.03 Å². The average molecular weight is 91.1 g/mol. The summed E-state index contributed by atoms with van der Waals surface area (Å²) in [6.45, 7) is 0. The molecule has 0 aliphatic carbocycles. The van der Waals surface area contributed by atoms with Gasteiger partial charge in [-0.1, -0.05) is 0 Å². The van der Waals surface area contributed by atoms with E-state index in [1.807, 2.05) is 0 Å². The fraction of sp³-hybridized carbons (Fsp3) is 0. The largest absolute Gasteiger partial charge is 0.352 e. The summed E-state index contributed by atoms with van der Waals surface area (Å²) in [5, 5.41) is 7.59. The molecule has 0 heterocycles. The number of carbonyl (C=O) groups excluding carboxylic acids is 1. The third-order valence-corrected chi connectivity index (χ3v) is 0.233. The Morgan fingerprint density at radius 1 is 1.83 bits per heavy atom. The van der Waals surface area contributed by atoms with Crippen LogP contribution in [0.5, 0.6) is 0 Å². The van der Waals surface area contributed by atoms with Gasteiger partial charge in [-0.2, -0.15) is 0 Å². The Kier molecular flexibility index (Phi) is 2.10. The zero-order chi connectivity index (χ0) is 4.99. The molecule has 0 aliphatic heterocycles. The Morgan fingerprint density at radius 3 is 2.33 bits per heavy atom. The lowest BCUT2D eigenvalue weighted by atomic mass is 11.1. The van der Waals surface area contributed by atoms with Crippen molar-refractivity contribution < 1.29 is 10.0 Å². The summed E-state index contributed by atoms with van der Waals surface area (Å²) in [5.41, 5.74) is 2.85. The Morgan fingerprint density at radius 2 is 2.33 bits per heavy atom. The zero-order valence-electron chi connectivity index (χ0n) is 2.93. The van der Waals surface area contributed by atoms with Crippen molar-refractivity contribution in [1.29, 1.82) is 0 Å². The predicted molar refractivity (Wildman–Crippen MR) is 17.6 cm³/mol. The van der Waals surface area contributed by atoms with Gasteiger partial charge in [-0.25, -0.2) is 16.1 Å². The summed E-state index contributed by atoms with van der Waals surface area (Å²) in [5.74, 6) is 4.46. The summed E-state index contributed by atoms with van der Waals surface area (Å²) < 4.78 is 0. The minimum atomic E-state index is -0.824. The van der Waals surface area contributed by atoms with Gasteiger partial charge in [0.25, 0.3) is 0 Å². The summed E-state index contributed by atoms with van der Waals surface area (Å²) in [6, 6.07) is -0.824. The fourth-order valence-corrected chi connectivity index (χ4v) is 0.0323. The average Bonchev–Trinajstić information content (AvgIpc) is 1.65. The van der Waals surface area contributed by atoms with E-state index >= 15 is 0 Å². The first-order valence-electron chi connectivity index (χ1n) is 1.22. The summed E-state index contributed by atoms with van der Waals surface area (Å²) in [4.78, 5) is 9.58. The van der Waals surface area contributed by atoms with Crippen LogP contribution in [0, 0.1) is 0 Å². The number of amides is 2. The first-order chi connectivity index (χ1) is 2.81. The molecule has 0 rings (SSSR count). The molecule has 0 fully saturated rings. The summed E-state index contributed by atoms with van der Waals surface area (Å²) in [6.07, 6.45) is 0. The van der Waals surface area contributed by atoms with Crippen LogP contribution in [0.2, 0.25) is 0 Å². The van der Waals surface area contributed by atoms with Crippen molar-refractivity contribution in [3.05, 3.63) is 0 Å². The highest BCUT2D eigenvalue weighted by Gasteiger charge is 1.84. The first kappa shape index (κ1) is 5.19. The Bertz CT molecular complexity index is 46.8.